The van der Waals surface area contributed by atoms with Crippen LogP contribution in [-0.2, 0) is 11.3 Å². The minimum absolute atomic E-state index is 0.108. The first-order valence-electron chi connectivity index (χ1n) is 8.43. The number of likely N-dealkylation sites (N-methyl/N-ethyl adjacent to an activating group) is 1. The summed E-state index contributed by atoms with van der Waals surface area (Å²) < 4.78 is 11.1. The predicted molar refractivity (Wildman–Crippen MR) is 101 cm³/mol. The molecule has 1 aliphatic rings. The summed E-state index contributed by atoms with van der Waals surface area (Å²) in [4.78, 5) is 25.9. The predicted octanol–water partition coefficient (Wildman–Crippen LogP) is 2.00. The van der Waals surface area contributed by atoms with Crippen LogP contribution >= 0.6 is 11.6 Å². The first kappa shape index (κ1) is 19.0. The van der Waals surface area contributed by atoms with Gasteiger partial charge in [0, 0.05) is 6.54 Å². The van der Waals surface area contributed by atoms with Gasteiger partial charge in [-0.15, -0.1) is 0 Å². The molecule has 142 valence electrons. The maximum absolute atomic E-state index is 12.1. The van der Waals surface area contributed by atoms with Crippen LogP contribution in [0, 0.1) is 0 Å². The lowest BCUT2D eigenvalue weighted by Crippen LogP contribution is -2.45. The van der Waals surface area contributed by atoms with Gasteiger partial charge in [0.1, 0.15) is 13.2 Å². The molecule has 3 rings (SSSR count). The molecule has 0 spiro atoms. The molecule has 2 aromatic carbocycles. The van der Waals surface area contributed by atoms with Gasteiger partial charge in [0.15, 0.2) is 11.5 Å². The molecule has 0 aromatic heterocycles. The summed E-state index contributed by atoms with van der Waals surface area (Å²) in [6.45, 7) is 1.73. The molecular formula is C19H20ClN3O4. The third kappa shape index (κ3) is 5.12. The highest BCUT2D eigenvalue weighted by Gasteiger charge is 2.14. The number of halogens is 1. The number of benzene rings is 2. The van der Waals surface area contributed by atoms with E-state index in [1.807, 2.05) is 30.1 Å². The number of ether oxygens (including phenoxy) is 2. The zero-order valence-electron chi connectivity index (χ0n) is 14.8. The Morgan fingerprint density at radius 1 is 1.07 bits per heavy atom. The van der Waals surface area contributed by atoms with Crippen LogP contribution in [0.3, 0.4) is 0 Å². The third-order valence-electron chi connectivity index (χ3n) is 3.91. The molecule has 2 amide bonds. The minimum Gasteiger partial charge on any atom is -0.486 e. The van der Waals surface area contributed by atoms with Gasteiger partial charge in [0.2, 0.25) is 0 Å². The second-order valence-corrected chi connectivity index (χ2v) is 6.54. The summed E-state index contributed by atoms with van der Waals surface area (Å²) in [6, 6.07) is 12.3. The third-order valence-corrected chi connectivity index (χ3v) is 4.24. The van der Waals surface area contributed by atoms with E-state index in [1.165, 1.54) is 0 Å². The van der Waals surface area contributed by atoms with E-state index in [-0.39, 0.29) is 12.5 Å². The molecule has 0 atom stereocenters. The van der Waals surface area contributed by atoms with Gasteiger partial charge in [-0.2, -0.15) is 0 Å². The Bertz CT molecular complexity index is 843. The number of carbonyl (C=O) groups is 2. The second kappa shape index (κ2) is 8.75. The standard InChI is InChI=1S/C19H20ClN3O4/c1-23(11-13-6-7-16-17(10-13)27-9-8-26-16)12-18(24)21-22-19(25)14-4-2-3-5-15(14)20/h2-7,10H,8-9,11-12H2,1H3,(H,21,24)(H,22,25). The van der Waals surface area contributed by atoms with Crippen LogP contribution in [0.2, 0.25) is 5.02 Å². The number of rotatable bonds is 5. The smallest absolute Gasteiger partial charge is 0.271 e. The molecule has 0 saturated carbocycles. The average Bonchev–Trinajstić information content (AvgIpc) is 2.66. The minimum atomic E-state index is -0.469. The van der Waals surface area contributed by atoms with Gasteiger partial charge < -0.3 is 9.47 Å². The van der Waals surface area contributed by atoms with Crippen molar-refractivity contribution >= 4 is 23.4 Å². The number of nitrogens with zero attached hydrogens (tertiary/aromatic N) is 1. The molecule has 2 N–H and O–H groups in total. The van der Waals surface area contributed by atoms with Gasteiger partial charge in [-0.05, 0) is 36.9 Å². The lowest BCUT2D eigenvalue weighted by molar-refractivity contribution is -0.122. The first-order valence-corrected chi connectivity index (χ1v) is 8.81. The fourth-order valence-corrected chi connectivity index (χ4v) is 2.90. The molecule has 0 unspecified atom stereocenters. The monoisotopic (exact) mass is 389 g/mol. The molecule has 27 heavy (non-hydrogen) atoms. The molecule has 7 nitrogen and oxygen atoms in total. The molecular weight excluding hydrogens is 370 g/mol. The number of hydrazine groups is 1. The Kier molecular flexibility index (Phi) is 6.16. The van der Waals surface area contributed by atoms with Crippen molar-refractivity contribution < 1.29 is 19.1 Å². The fourth-order valence-electron chi connectivity index (χ4n) is 2.68. The summed E-state index contributed by atoms with van der Waals surface area (Å²) in [6.07, 6.45) is 0. The van der Waals surface area contributed by atoms with Gasteiger partial charge in [-0.25, -0.2) is 0 Å². The number of hydrogen-bond donors (Lipinski definition) is 2. The maximum Gasteiger partial charge on any atom is 0.271 e. The Labute approximate surface area is 162 Å². The van der Waals surface area contributed by atoms with E-state index >= 15 is 0 Å². The summed E-state index contributed by atoms with van der Waals surface area (Å²) in [5.41, 5.74) is 6.05. The Balaban J connectivity index is 1.48. The Morgan fingerprint density at radius 3 is 2.59 bits per heavy atom. The van der Waals surface area contributed by atoms with Gasteiger partial charge >= 0.3 is 0 Å². The molecule has 0 aliphatic carbocycles. The van der Waals surface area contributed by atoms with Crippen molar-refractivity contribution in [3.63, 3.8) is 0 Å². The molecule has 0 radical (unpaired) electrons. The molecule has 0 bridgehead atoms. The summed E-state index contributed by atoms with van der Waals surface area (Å²) in [5, 5.41) is 0.319. The van der Waals surface area contributed by atoms with E-state index in [4.69, 9.17) is 21.1 Å². The van der Waals surface area contributed by atoms with Crippen LogP contribution in [0.5, 0.6) is 11.5 Å². The zero-order chi connectivity index (χ0) is 19.2. The van der Waals surface area contributed by atoms with Crippen LogP contribution in [0.1, 0.15) is 15.9 Å². The van der Waals surface area contributed by atoms with Crippen molar-refractivity contribution in [1.29, 1.82) is 0 Å². The van der Waals surface area contributed by atoms with E-state index in [1.54, 1.807) is 24.3 Å². The van der Waals surface area contributed by atoms with E-state index in [0.717, 1.165) is 11.3 Å². The van der Waals surface area contributed by atoms with E-state index in [9.17, 15) is 9.59 Å². The van der Waals surface area contributed by atoms with Gasteiger partial charge in [0.25, 0.3) is 11.8 Å². The van der Waals surface area contributed by atoms with E-state index in [2.05, 4.69) is 10.9 Å². The molecule has 0 saturated heterocycles. The first-order chi connectivity index (χ1) is 13.0. The number of carbonyl (C=O) groups excluding carboxylic acids is 2. The molecule has 1 aliphatic heterocycles. The Morgan fingerprint density at radius 2 is 1.81 bits per heavy atom. The fraction of sp³-hybridized carbons (Fsp3) is 0.263. The average molecular weight is 390 g/mol. The normalized spacial score (nSPS) is 12.6. The number of hydrogen-bond acceptors (Lipinski definition) is 5. The van der Waals surface area contributed by atoms with Crippen LogP contribution in [-0.4, -0.2) is 43.5 Å². The van der Waals surface area contributed by atoms with Crippen molar-refractivity contribution in [2.24, 2.45) is 0 Å². The molecule has 8 heteroatoms. The lowest BCUT2D eigenvalue weighted by atomic mass is 10.2. The zero-order valence-corrected chi connectivity index (χ0v) is 15.6. The van der Waals surface area contributed by atoms with Gasteiger partial charge in [-0.3, -0.25) is 25.3 Å². The summed E-state index contributed by atoms with van der Waals surface area (Å²) in [7, 11) is 1.81. The highest BCUT2D eigenvalue weighted by Crippen LogP contribution is 2.30. The topological polar surface area (TPSA) is 79.9 Å². The van der Waals surface area contributed by atoms with Crippen molar-refractivity contribution in [2.75, 3.05) is 26.8 Å². The van der Waals surface area contributed by atoms with Crippen LogP contribution in [0.4, 0.5) is 0 Å². The van der Waals surface area contributed by atoms with Crippen molar-refractivity contribution in [3.05, 3.63) is 58.6 Å². The Hall–Kier alpha value is -2.77. The number of amides is 2. The van der Waals surface area contributed by atoms with Gasteiger partial charge in [0.05, 0.1) is 17.1 Å². The SMILES string of the molecule is CN(CC(=O)NNC(=O)c1ccccc1Cl)Cc1ccc2c(c1)OCCO2. The number of fused-ring (bicyclic) bond motifs is 1. The summed E-state index contributed by atoms with van der Waals surface area (Å²) >= 11 is 5.96. The van der Waals surface area contributed by atoms with E-state index in [0.29, 0.717) is 36.1 Å². The van der Waals surface area contributed by atoms with Crippen molar-refractivity contribution in [3.8, 4) is 11.5 Å². The number of nitrogens with one attached hydrogen (secondary N) is 2. The molecule has 0 fully saturated rings. The van der Waals surface area contributed by atoms with Crippen molar-refractivity contribution in [2.45, 2.75) is 6.54 Å². The van der Waals surface area contributed by atoms with Crippen LogP contribution in [0.15, 0.2) is 42.5 Å². The second-order valence-electron chi connectivity index (χ2n) is 6.13. The maximum atomic E-state index is 12.1. The highest BCUT2D eigenvalue weighted by molar-refractivity contribution is 6.33. The van der Waals surface area contributed by atoms with E-state index < -0.39 is 5.91 Å². The van der Waals surface area contributed by atoms with Gasteiger partial charge in [-0.1, -0.05) is 29.8 Å². The summed E-state index contributed by atoms with van der Waals surface area (Å²) in [5.74, 6) is 0.634. The largest absolute Gasteiger partial charge is 0.486 e. The van der Waals surface area contributed by atoms with Crippen LogP contribution in [0.25, 0.3) is 0 Å². The molecule has 1 heterocycles. The molecule has 2 aromatic rings. The quantitative estimate of drug-likeness (QED) is 0.765. The van der Waals surface area contributed by atoms with Crippen molar-refractivity contribution in [1.82, 2.24) is 15.8 Å². The van der Waals surface area contributed by atoms with Crippen LogP contribution < -0.4 is 20.3 Å². The highest BCUT2D eigenvalue weighted by atomic mass is 35.5. The lowest BCUT2D eigenvalue weighted by Gasteiger charge is -2.21.